The van der Waals surface area contributed by atoms with Gasteiger partial charge in [0.2, 0.25) is 17.7 Å². The largest absolute Gasteiger partial charge is 0.368 e. The topological polar surface area (TPSA) is 133 Å². The van der Waals surface area contributed by atoms with Crippen molar-refractivity contribution in [2.75, 3.05) is 19.6 Å². The van der Waals surface area contributed by atoms with Gasteiger partial charge in [-0.05, 0) is 0 Å². The van der Waals surface area contributed by atoms with Crippen LogP contribution in [0.3, 0.4) is 0 Å². The summed E-state index contributed by atoms with van der Waals surface area (Å²) in [5.74, 6) is -2.28. The van der Waals surface area contributed by atoms with Crippen molar-refractivity contribution in [2.45, 2.75) is 6.92 Å². The fourth-order valence-electron chi connectivity index (χ4n) is 1.00. The van der Waals surface area contributed by atoms with Crippen LogP contribution in [0.15, 0.2) is 0 Å². The molecule has 0 bridgehead atoms. The molecule has 0 radical (unpaired) electrons. The molecule has 7 heteroatoms. The van der Waals surface area contributed by atoms with Gasteiger partial charge in [0.25, 0.3) is 0 Å². The van der Waals surface area contributed by atoms with Crippen molar-refractivity contribution < 1.29 is 14.4 Å². The van der Waals surface area contributed by atoms with Crippen LogP contribution >= 0.6 is 0 Å². The summed E-state index contributed by atoms with van der Waals surface area (Å²) in [5, 5.41) is 0. The SMILES string of the molecule is CC(CN)C(=O)N(CC(N)=O)CC(N)=O. The van der Waals surface area contributed by atoms with E-state index < -0.39 is 23.6 Å². The van der Waals surface area contributed by atoms with E-state index in [4.69, 9.17) is 17.2 Å². The van der Waals surface area contributed by atoms with Gasteiger partial charge in [-0.2, -0.15) is 0 Å². The van der Waals surface area contributed by atoms with Crippen molar-refractivity contribution in [2.24, 2.45) is 23.1 Å². The third-order valence-electron chi connectivity index (χ3n) is 1.78. The van der Waals surface area contributed by atoms with Gasteiger partial charge in [-0.25, -0.2) is 0 Å². The second kappa shape index (κ2) is 5.97. The number of hydrogen-bond donors (Lipinski definition) is 3. The molecule has 6 N–H and O–H groups in total. The van der Waals surface area contributed by atoms with Gasteiger partial charge in [0, 0.05) is 12.5 Å². The van der Waals surface area contributed by atoms with E-state index in [0.29, 0.717) is 0 Å². The van der Waals surface area contributed by atoms with E-state index in [1.165, 1.54) is 0 Å². The van der Waals surface area contributed by atoms with Gasteiger partial charge >= 0.3 is 0 Å². The number of nitrogens with two attached hydrogens (primary N) is 3. The second-order valence-corrected chi connectivity index (χ2v) is 3.26. The van der Waals surface area contributed by atoms with Crippen molar-refractivity contribution >= 4 is 17.7 Å². The molecule has 0 aliphatic heterocycles. The Hall–Kier alpha value is -1.63. The maximum absolute atomic E-state index is 11.6. The molecule has 1 unspecified atom stereocenters. The molecule has 0 saturated carbocycles. The average Bonchev–Trinajstić information content (AvgIpc) is 2.13. The minimum absolute atomic E-state index is 0.132. The lowest BCUT2D eigenvalue weighted by atomic mass is 10.1. The molecular formula is C8H16N4O3. The summed E-state index contributed by atoms with van der Waals surface area (Å²) in [6.07, 6.45) is 0. The number of carbonyl (C=O) groups excluding carboxylic acids is 3. The van der Waals surface area contributed by atoms with Crippen molar-refractivity contribution in [1.82, 2.24) is 4.90 Å². The van der Waals surface area contributed by atoms with Gasteiger partial charge in [0.1, 0.15) is 0 Å². The molecule has 0 aromatic carbocycles. The predicted octanol–water partition coefficient (Wildman–Crippen LogP) is -2.62. The predicted molar refractivity (Wildman–Crippen MR) is 53.2 cm³/mol. The molecule has 0 aromatic heterocycles. The first-order valence-corrected chi connectivity index (χ1v) is 4.44. The molecule has 3 amide bonds. The van der Waals surface area contributed by atoms with Crippen molar-refractivity contribution in [3.8, 4) is 0 Å². The maximum atomic E-state index is 11.6. The molecule has 0 heterocycles. The van der Waals surface area contributed by atoms with Crippen LogP contribution < -0.4 is 17.2 Å². The zero-order valence-electron chi connectivity index (χ0n) is 8.60. The van der Waals surface area contributed by atoms with Gasteiger partial charge in [-0.15, -0.1) is 0 Å². The van der Waals surface area contributed by atoms with Crippen molar-refractivity contribution in [3.63, 3.8) is 0 Å². The molecule has 0 rings (SSSR count). The van der Waals surface area contributed by atoms with Crippen LogP contribution in [0.1, 0.15) is 6.92 Å². The lowest BCUT2D eigenvalue weighted by molar-refractivity contribution is -0.140. The van der Waals surface area contributed by atoms with Crippen LogP contribution in [0, 0.1) is 5.92 Å². The molecule has 0 aromatic rings. The van der Waals surface area contributed by atoms with Crippen LogP contribution in [0.4, 0.5) is 0 Å². The first kappa shape index (κ1) is 13.4. The summed E-state index contributed by atoms with van der Waals surface area (Å²) in [4.78, 5) is 33.9. The zero-order valence-corrected chi connectivity index (χ0v) is 8.60. The van der Waals surface area contributed by atoms with Gasteiger partial charge < -0.3 is 22.1 Å². The molecule has 1 atom stereocenters. The molecule has 0 saturated heterocycles. The Kier molecular flexibility index (Phi) is 5.32. The molecule has 0 aliphatic carbocycles. The summed E-state index contributed by atoms with van der Waals surface area (Å²) in [6.45, 7) is 1.07. The van der Waals surface area contributed by atoms with Crippen molar-refractivity contribution in [3.05, 3.63) is 0 Å². The Labute approximate surface area is 87.6 Å². The number of hydrogen-bond acceptors (Lipinski definition) is 4. The Bertz CT molecular complexity index is 251. The molecule has 0 spiro atoms. The third kappa shape index (κ3) is 4.96. The summed E-state index contributed by atoms with van der Waals surface area (Å²) < 4.78 is 0. The number of primary amides is 2. The summed E-state index contributed by atoms with van der Waals surface area (Å²) >= 11 is 0. The molecule has 7 nitrogen and oxygen atoms in total. The Morgan fingerprint density at radius 1 is 1.13 bits per heavy atom. The molecular weight excluding hydrogens is 200 g/mol. The van der Waals surface area contributed by atoms with E-state index in [-0.39, 0.29) is 19.6 Å². The van der Waals surface area contributed by atoms with Crippen LogP contribution in [0.5, 0.6) is 0 Å². The van der Waals surface area contributed by atoms with Crippen LogP contribution in [0.2, 0.25) is 0 Å². The summed E-state index contributed by atoms with van der Waals surface area (Å²) in [7, 11) is 0. The lowest BCUT2D eigenvalue weighted by Gasteiger charge is -2.22. The summed E-state index contributed by atoms with van der Waals surface area (Å²) in [5.41, 5.74) is 15.2. The lowest BCUT2D eigenvalue weighted by Crippen LogP contribution is -2.46. The van der Waals surface area contributed by atoms with Crippen LogP contribution in [0.25, 0.3) is 0 Å². The standard InChI is InChI=1S/C8H16N4O3/c1-5(2-9)8(15)12(3-6(10)13)4-7(11)14/h5H,2-4,9H2,1H3,(H2,10,13)(H2,11,14). The normalized spacial score (nSPS) is 11.9. The maximum Gasteiger partial charge on any atom is 0.237 e. The number of rotatable bonds is 6. The highest BCUT2D eigenvalue weighted by Crippen LogP contribution is 2.00. The Morgan fingerprint density at radius 2 is 1.53 bits per heavy atom. The highest BCUT2D eigenvalue weighted by Gasteiger charge is 2.22. The number of nitrogens with zero attached hydrogens (tertiary/aromatic N) is 1. The highest BCUT2D eigenvalue weighted by molar-refractivity contribution is 5.89. The van der Waals surface area contributed by atoms with Crippen molar-refractivity contribution in [1.29, 1.82) is 0 Å². The minimum atomic E-state index is -0.700. The minimum Gasteiger partial charge on any atom is -0.368 e. The molecule has 0 aliphatic rings. The smallest absolute Gasteiger partial charge is 0.237 e. The van der Waals surface area contributed by atoms with E-state index in [1.807, 2.05) is 0 Å². The number of amides is 3. The molecule has 86 valence electrons. The van der Waals surface area contributed by atoms with E-state index >= 15 is 0 Å². The zero-order chi connectivity index (χ0) is 12.0. The quantitative estimate of drug-likeness (QED) is 0.448. The Morgan fingerprint density at radius 3 is 1.80 bits per heavy atom. The fourth-order valence-corrected chi connectivity index (χ4v) is 1.00. The van der Waals surface area contributed by atoms with Gasteiger partial charge in [0.05, 0.1) is 13.1 Å². The van der Waals surface area contributed by atoms with E-state index in [2.05, 4.69) is 0 Å². The molecule has 15 heavy (non-hydrogen) atoms. The van der Waals surface area contributed by atoms with Crippen LogP contribution in [-0.4, -0.2) is 42.3 Å². The molecule has 0 fully saturated rings. The monoisotopic (exact) mass is 216 g/mol. The van der Waals surface area contributed by atoms with E-state index in [1.54, 1.807) is 6.92 Å². The average molecular weight is 216 g/mol. The Balaban J connectivity index is 4.53. The highest BCUT2D eigenvalue weighted by atomic mass is 16.2. The second-order valence-electron chi connectivity index (χ2n) is 3.26. The van der Waals surface area contributed by atoms with E-state index in [0.717, 1.165) is 4.90 Å². The van der Waals surface area contributed by atoms with Gasteiger partial charge in [-0.3, -0.25) is 14.4 Å². The van der Waals surface area contributed by atoms with Gasteiger partial charge in [0.15, 0.2) is 0 Å². The number of carbonyl (C=O) groups is 3. The first-order valence-electron chi connectivity index (χ1n) is 4.44. The summed E-state index contributed by atoms with van der Waals surface area (Å²) in [6, 6.07) is 0. The fraction of sp³-hybridized carbons (Fsp3) is 0.625. The third-order valence-corrected chi connectivity index (χ3v) is 1.78. The van der Waals surface area contributed by atoms with E-state index in [9.17, 15) is 14.4 Å². The first-order chi connectivity index (χ1) is 6.88. The van der Waals surface area contributed by atoms with Crippen LogP contribution in [-0.2, 0) is 14.4 Å². The van der Waals surface area contributed by atoms with Gasteiger partial charge in [-0.1, -0.05) is 6.92 Å².